The highest BCUT2D eigenvalue weighted by atomic mass is 32.1. The highest BCUT2D eigenvalue weighted by Gasteiger charge is 2.40. The van der Waals surface area contributed by atoms with Gasteiger partial charge in [0.15, 0.2) is 5.13 Å². The van der Waals surface area contributed by atoms with Crippen LogP contribution in [-0.4, -0.2) is 49.6 Å². The van der Waals surface area contributed by atoms with Gasteiger partial charge in [0, 0.05) is 37.3 Å². The summed E-state index contributed by atoms with van der Waals surface area (Å²) < 4.78 is 0. The van der Waals surface area contributed by atoms with E-state index in [1.165, 1.54) is 24.2 Å². The second-order valence-electron chi connectivity index (χ2n) is 7.79. The number of anilines is 3. The van der Waals surface area contributed by atoms with Crippen LogP contribution < -0.4 is 10.6 Å². The molecule has 10 heteroatoms. The minimum atomic E-state index is -0.0147. The van der Waals surface area contributed by atoms with Crippen molar-refractivity contribution in [3.63, 3.8) is 0 Å². The number of hydrogen-bond donors (Lipinski definition) is 3. The molecule has 3 aromatic heterocycles. The van der Waals surface area contributed by atoms with Gasteiger partial charge < -0.3 is 15.7 Å². The van der Waals surface area contributed by atoms with Crippen LogP contribution in [0, 0.1) is 11.3 Å². The first-order chi connectivity index (χ1) is 14.7. The lowest BCUT2D eigenvalue weighted by Gasteiger charge is -2.38. The van der Waals surface area contributed by atoms with Crippen molar-refractivity contribution in [3.8, 4) is 6.07 Å². The van der Waals surface area contributed by atoms with Gasteiger partial charge >= 0.3 is 0 Å². The zero-order chi connectivity index (χ0) is 20.5. The van der Waals surface area contributed by atoms with E-state index in [2.05, 4.69) is 26.6 Å². The van der Waals surface area contributed by atoms with Crippen LogP contribution >= 0.6 is 22.7 Å². The molecule has 5 rings (SSSR count). The molecule has 2 saturated heterocycles. The molecule has 0 radical (unpaired) electrons. The molecule has 3 aromatic rings. The smallest absolute Gasteiger partial charge is 0.226 e. The number of aromatic nitrogens is 3. The summed E-state index contributed by atoms with van der Waals surface area (Å²) in [7, 11) is 0. The van der Waals surface area contributed by atoms with Gasteiger partial charge in [-0.15, -0.1) is 11.3 Å². The number of nitrogens with one attached hydrogen (secondary N) is 2. The zero-order valence-corrected chi connectivity index (χ0v) is 18.0. The highest BCUT2D eigenvalue weighted by molar-refractivity contribution is 7.17. The number of hydrogen-bond acceptors (Lipinski definition) is 10. The van der Waals surface area contributed by atoms with Gasteiger partial charge in [-0.3, -0.25) is 4.90 Å². The van der Waals surface area contributed by atoms with Crippen molar-refractivity contribution in [3.05, 3.63) is 22.5 Å². The Labute approximate surface area is 182 Å². The highest BCUT2D eigenvalue weighted by Crippen LogP contribution is 2.37. The number of aliphatic hydroxyl groups is 1. The van der Waals surface area contributed by atoms with Crippen molar-refractivity contribution in [1.82, 2.24) is 19.9 Å². The standard InChI is InChI=1S/C20H23N7OS2/c21-5-1-6-27-13-2-3-14(27)9-12(8-13)23-19-24-17(16-4-7-29-18(16)26-19)25-20-22-10-15(11-28)30-20/h4,7,10,12-14,28H,1-3,6,8-9,11H2,(H2,22,23,24,25,26)/t12?,13-,14?/m0/s1. The number of piperidine rings is 1. The van der Waals surface area contributed by atoms with E-state index in [0.29, 0.717) is 35.6 Å². The van der Waals surface area contributed by atoms with Gasteiger partial charge in [0.05, 0.1) is 22.9 Å². The summed E-state index contributed by atoms with van der Waals surface area (Å²) >= 11 is 3.01. The number of rotatable bonds is 7. The van der Waals surface area contributed by atoms with Crippen molar-refractivity contribution >= 4 is 49.8 Å². The minimum absolute atomic E-state index is 0.0147. The molecule has 3 N–H and O–H groups in total. The second-order valence-corrected chi connectivity index (χ2v) is 9.80. The van der Waals surface area contributed by atoms with Crippen molar-refractivity contribution in [2.45, 2.75) is 56.8 Å². The Morgan fingerprint density at radius 1 is 1.27 bits per heavy atom. The Bertz CT molecular complexity index is 1060. The molecular weight excluding hydrogens is 418 g/mol. The summed E-state index contributed by atoms with van der Waals surface area (Å²) in [5.41, 5.74) is 0. The summed E-state index contributed by atoms with van der Waals surface area (Å²) in [6.07, 6.45) is 6.82. The molecule has 30 heavy (non-hydrogen) atoms. The maximum atomic E-state index is 9.29. The summed E-state index contributed by atoms with van der Waals surface area (Å²) in [5.74, 6) is 1.37. The molecule has 2 aliphatic rings. The van der Waals surface area contributed by atoms with Gasteiger partial charge in [-0.05, 0) is 37.1 Å². The van der Waals surface area contributed by atoms with E-state index < -0.39 is 0 Å². The molecule has 2 bridgehead atoms. The van der Waals surface area contributed by atoms with E-state index in [0.717, 1.165) is 40.3 Å². The number of thiazole rings is 1. The molecule has 0 amide bonds. The van der Waals surface area contributed by atoms with Crippen LogP contribution in [-0.2, 0) is 6.61 Å². The van der Waals surface area contributed by atoms with E-state index in [1.807, 2.05) is 11.4 Å². The van der Waals surface area contributed by atoms with Crippen LogP contribution in [0.2, 0.25) is 0 Å². The van der Waals surface area contributed by atoms with Gasteiger partial charge in [-0.1, -0.05) is 11.3 Å². The van der Waals surface area contributed by atoms with Gasteiger partial charge in [0.2, 0.25) is 5.95 Å². The van der Waals surface area contributed by atoms with E-state index in [9.17, 15) is 5.11 Å². The predicted octanol–water partition coefficient (Wildman–Crippen LogP) is 3.70. The van der Waals surface area contributed by atoms with Gasteiger partial charge in [-0.25, -0.2) is 9.97 Å². The molecule has 0 aliphatic carbocycles. The first-order valence-corrected chi connectivity index (χ1v) is 11.9. The fraction of sp³-hybridized carbons (Fsp3) is 0.500. The van der Waals surface area contributed by atoms with Gasteiger partial charge in [0.25, 0.3) is 0 Å². The number of nitriles is 1. The van der Waals surface area contributed by atoms with E-state index in [-0.39, 0.29) is 6.61 Å². The maximum absolute atomic E-state index is 9.29. The van der Waals surface area contributed by atoms with Crippen LogP contribution in [0.4, 0.5) is 16.9 Å². The summed E-state index contributed by atoms with van der Waals surface area (Å²) in [5, 5.41) is 28.8. The number of thiophene rings is 1. The topological polar surface area (TPSA) is 110 Å². The molecule has 156 valence electrons. The molecule has 5 heterocycles. The zero-order valence-electron chi connectivity index (χ0n) is 16.4. The van der Waals surface area contributed by atoms with Crippen LogP contribution in [0.15, 0.2) is 17.6 Å². The largest absolute Gasteiger partial charge is 0.391 e. The Balaban J connectivity index is 1.33. The van der Waals surface area contributed by atoms with Crippen LogP contribution in [0.3, 0.4) is 0 Å². The average molecular weight is 442 g/mol. The van der Waals surface area contributed by atoms with Gasteiger partial charge in [-0.2, -0.15) is 10.2 Å². The fourth-order valence-electron chi connectivity index (χ4n) is 4.67. The number of nitrogens with zero attached hydrogens (tertiary/aromatic N) is 5. The molecule has 2 aliphatic heterocycles. The van der Waals surface area contributed by atoms with Crippen molar-refractivity contribution < 1.29 is 5.11 Å². The molecule has 3 atom stereocenters. The average Bonchev–Trinajstić information content (AvgIpc) is 3.45. The lowest BCUT2D eigenvalue weighted by Crippen LogP contribution is -2.47. The summed E-state index contributed by atoms with van der Waals surface area (Å²) in [4.78, 5) is 18.1. The Morgan fingerprint density at radius 2 is 2.10 bits per heavy atom. The normalized spacial score (nSPS) is 23.5. The molecule has 2 unspecified atom stereocenters. The lowest BCUT2D eigenvalue weighted by molar-refractivity contribution is 0.135. The summed E-state index contributed by atoms with van der Waals surface area (Å²) in [6.45, 7) is 0.868. The Kier molecular flexibility index (Phi) is 5.52. The molecule has 2 fully saturated rings. The number of fused-ring (bicyclic) bond motifs is 3. The third-order valence-electron chi connectivity index (χ3n) is 5.96. The molecule has 0 aromatic carbocycles. The quantitative estimate of drug-likeness (QED) is 0.509. The molecular formula is C20H23N7OS2. The predicted molar refractivity (Wildman–Crippen MR) is 119 cm³/mol. The minimum Gasteiger partial charge on any atom is -0.391 e. The first-order valence-electron chi connectivity index (χ1n) is 10.2. The van der Waals surface area contributed by atoms with Gasteiger partial charge in [0.1, 0.15) is 10.6 Å². The molecule has 0 saturated carbocycles. The van der Waals surface area contributed by atoms with E-state index in [4.69, 9.17) is 15.2 Å². The van der Waals surface area contributed by atoms with Crippen LogP contribution in [0.25, 0.3) is 10.2 Å². The third kappa shape index (κ3) is 3.86. The SMILES string of the molecule is N#CCCN1C2CC[C@H]1CC(Nc1nc(Nc3ncc(CO)s3)c3ccsc3n1)C2. The maximum Gasteiger partial charge on any atom is 0.226 e. The monoisotopic (exact) mass is 441 g/mol. The third-order valence-corrected chi connectivity index (χ3v) is 7.66. The summed E-state index contributed by atoms with van der Waals surface area (Å²) in [6, 6.07) is 5.73. The van der Waals surface area contributed by atoms with Crippen LogP contribution in [0.5, 0.6) is 0 Å². The van der Waals surface area contributed by atoms with Crippen molar-refractivity contribution in [1.29, 1.82) is 5.26 Å². The first kappa shape index (κ1) is 19.6. The molecule has 0 spiro atoms. The second kappa shape index (κ2) is 8.43. The van der Waals surface area contributed by atoms with E-state index in [1.54, 1.807) is 17.5 Å². The van der Waals surface area contributed by atoms with Crippen molar-refractivity contribution in [2.24, 2.45) is 0 Å². The fourth-order valence-corrected chi connectivity index (χ4v) is 6.11. The number of aliphatic hydroxyl groups excluding tert-OH is 1. The Morgan fingerprint density at radius 3 is 2.83 bits per heavy atom. The van der Waals surface area contributed by atoms with E-state index >= 15 is 0 Å². The van der Waals surface area contributed by atoms with Crippen molar-refractivity contribution in [2.75, 3.05) is 17.2 Å². The van der Waals surface area contributed by atoms with Crippen LogP contribution in [0.1, 0.15) is 37.0 Å². The molecule has 8 nitrogen and oxygen atoms in total. The lowest BCUT2D eigenvalue weighted by atomic mass is 9.97. The Hall–Kier alpha value is -2.32.